The average molecular weight is 520 g/mol. The van der Waals surface area contributed by atoms with E-state index in [0.717, 1.165) is 24.3 Å². The smallest absolute Gasteiger partial charge is 0.416 e. The zero-order chi connectivity index (χ0) is 23.5. The van der Waals surface area contributed by atoms with E-state index < -0.39 is 17.6 Å². The molecule has 0 saturated heterocycles. The van der Waals surface area contributed by atoms with Crippen LogP contribution in [-0.2, 0) is 11.0 Å². The summed E-state index contributed by atoms with van der Waals surface area (Å²) in [6.45, 7) is 0. The van der Waals surface area contributed by atoms with Crippen LogP contribution >= 0.6 is 47.0 Å². The van der Waals surface area contributed by atoms with Crippen LogP contribution in [0.2, 0.25) is 15.1 Å². The van der Waals surface area contributed by atoms with Crippen molar-refractivity contribution in [1.29, 1.82) is 0 Å². The van der Waals surface area contributed by atoms with Crippen LogP contribution in [0.4, 0.5) is 18.9 Å². The number of furan rings is 1. The zero-order valence-corrected chi connectivity index (χ0v) is 18.9. The second-order valence-corrected chi connectivity index (χ2v) is 8.02. The molecule has 1 aromatic heterocycles. The van der Waals surface area contributed by atoms with Crippen molar-refractivity contribution in [1.82, 2.24) is 5.32 Å². The van der Waals surface area contributed by atoms with E-state index in [-0.39, 0.29) is 15.8 Å². The van der Waals surface area contributed by atoms with Crippen LogP contribution in [0, 0.1) is 0 Å². The molecule has 0 bridgehead atoms. The number of carbonyl (C=O) groups excluding carboxylic acids is 1. The molecule has 0 atom stereocenters. The molecule has 0 aliphatic rings. The maximum absolute atomic E-state index is 12.9. The van der Waals surface area contributed by atoms with Gasteiger partial charge in [-0.3, -0.25) is 10.1 Å². The SMILES string of the molecule is O=C(/C=C/c1ccc(-c2cc(Cl)cc(Cl)c2)o1)NC(=S)Nc1cc(C(F)(F)F)ccc1Cl. The highest BCUT2D eigenvalue weighted by Gasteiger charge is 2.31. The van der Waals surface area contributed by atoms with Crippen LogP contribution in [-0.4, -0.2) is 11.0 Å². The third-order valence-corrected chi connectivity index (χ3v) is 4.92. The van der Waals surface area contributed by atoms with E-state index in [1.54, 1.807) is 30.3 Å². The zero-order valence-electron chi connectivity index (χ0n) is 15.8. The lowest BCUT2D eigenvalue weighted by atomic mass is 10.2. The van der Waals surface area contributed by atoms with Gasteiger partial charge in [0, 0.05) is 21.7 Å². The molecule has 166 valence electrons. The van der Waals surface area contributed by atoms with E-state index in [4.69, 9.17) is 51.4 Å². The van der Waals surface area contributed by atoms with Crippen molar-refractivity contribution in [2.75, 3.05) is 5.32 Å². The van der Waals surface area contributed by atoms with Crippen LogP contribution < -0.4 is 10.6 Å². The lowest BCUT2D eigenvalue weighted by molar-refractivity contribution is -0.137. The summed E-state index contributed by atoms with van der Waals surface area (Å²) in [5.41, 5.74) is -0.338. The molecule has 11 heteroatoms. The number of nitrogens with one attached hydrogen (secondary N) is 2. The Balaban J connectivity index is 1.62. The van der Waals surface area contributed by atoms with E-state index >= 15 is 0 Å². The molecule has 2 aromatic carbocycles. The second-order valence-electron chi connectivity index (χ2n) is 6.33. The highest BCUT2D eigenvalue weighted by Crippen LogP contribution is 2.34. The third kappa shape index (κ3) is 6.49. The van der Waals surface area contributed by atoms with Gasteiger partial charge in [0.2, 0.25) is 5.91 Å². The van der Waals surface area contributed by atoms with Gasteiger partial charge in [-0.15, -0.1) is 0 Å². The predicted molar refractivity (Wildman–Crippen MR) is 124 cm³/mol. The molecule has 1 amide bonds. The van der Waals surface area contributed by atoms with Gasteiger partial charge >= 0.3 is 6.18 Å². The molecular formula is C21H12Cl3F3N2O2S. The Morgan fingerprint density at radius 2 is 1.69 bits per heavy atom. The lowest BCUT2D eigenvalue weighted by Gasteiger charge is -2.13. The number of alkyl halides is 3. The van der Waals surface area contributed by atoms with Crippen molar-refractivity contribution in [3.05, 3.63) is 81.0 Å². The molecule has 0 radical (unpaired) electrons. The van der Waals surface area contributed by atoms with Crippen molar-refractivity contribution >= 4 is 69.8 Å². The first-order valence-corrected chi connectivity index (χ1v) is 10.3. The van der Waals surface area contributed by atoms with Crippen molar-refractivity contribution in [3.63, 3.8) is 0 Å². The van der Waals surface area contributed by atoms with E-state index in [0.29, 0.717) is 27.1 Å². The van der Waals surface area contributed by atoms with Crippen LogP contribution in [0.25, 0.3) is 17.4 Å². The molecule has 0 unspecified atom stereocenters. The summed E-state index contributed by atoms with van der Waals surface area (Å²) >= 11 is 22.8. The summed E-state index contributed by atoms with van der Waals surface area (Å²) in [5, 5.41) is 5.46. The van der Waals surface area contributed by atoms with Gasteiger partial charge in [0.1, 0.15) is 11.5 Å². The van der Waals surface area contributed by atoms with Gasteiger partial charge in [0.25, 0.3) is 0 Å². The van der Waals surface area contributed by atoms with Crippen LogP contribution in [0.1, 0.15) is 11.3 Å². The number of hydrogen-bond donors (Lipinski definition) is 2. The summed E-state index contributed by atoms with van der Waals surface area (Å²) in [4.78, 5) is 12.1. The van der Waals surface area contributed by atoms with Gasteiger partial charge in [-0.2, -0.15) is 13.2 Å². The first kappa shape index (κ1) is 24.1. The number of rotatable bonds is 4. The minimum absolute atomic E-state index is 0.00868. The molecule has 2 N–H and O–H groups in total. The monoisotopic (exact) mass is 518 g/mol. The Morgan fingerprint density at radius 3 is 2.34 bits per heavy atom. The first-order valence-electron chi connectivity index (χ1n) is 8.74. The van der Waals surface area contributed by atoms with Gasteiger partial charge in [-0.25, -0.2) is 0 Å². The lowest BCUT2D eigenvalue weighted by Crippen LogP contribution is -2.33. The molecule has 0 aliphatic carbocycles. The Hall–Kier alpha value is -2.52. The topological polar surface area (TPSA) is 54.3 Å². The maximum Gasteiger partial charge on any atom is 0.416 e. The summed E-state index contributed by atoms with van der Waals surface area (Å²) in [6.07, 6.45) is -2.01. The number of benzene rings is 2. The van der Waals surface area contributed by atoms with Crippen molar-refractivity contribution < 1.29 is 22.4 Å². The number of thiocarbonyl (C=S) groups is 1. The fourth-order valence-corrected chi connectivity index (χ4v) is 3.46. The van der Waals surface area contributed by atoms with Gasteiger partial charge in [-0.1, -0.05) is 34.8 Å². The summed E-state index contributed by atoms with van der Waals surface area (Å²) in [5.74, 6) is 0.228. The van der Waals surface area contributed by atoms with Crippen molar-refractivity contribution in [3.8, 4) is 11.3 Å². The quantitative estimate of drug-likeness (QED) is 0.278. The number of halogens is 6. The molecule has 3 aromatic rings. The van der Waals surface area contributed by atoms with Gasteiger partial charge in [0.15, 0.2) is 5.11 Å². The summed E-state index contributed by atoms with van der Waals surface area (Å²) < 4.78 is 44.2. The van der Waals surface area contributed by atoms with Crippen LogP contribution in [0.5, 0.6) is 0 Å². The van der Waals surface area contributed by atoms with Gasteiger partial charge in [0.05, 0.1) is 16.3 Å². The van der Waals surface area contributed by atoms with Gasteiger partial charge in [-0.05, 0) is 66.8 Å². The molecule has 0 aliphatic heterocycles. The predicted octanol–water partition coefficient (Wildman–Crippen LogP) is 7.45. The molecule has 1 heterocycles. The molecule has 3 rings (SSSR count). The fourth-order valence-electron chi connectivity index (χ4n) is 2.56. The maximum atomic E-state index is 12.9. The molecule has 0 saturated carbocycles. The second kappa shape index (κ2) is 9.95. The van der Waals surface area contributed by atoms with E-state index in [1.807, 2.05) is 0 Å². The first-order chi connectivity index (χ1) is 15.0. The number of amides is 1. The van der Waals surface area contributed by atoms with Crippen LogP contribution in [0.15, 0.2) is 59.0 Å². The van der Waals surface area contributed by atoms with E-state index in [9.17, 15) is 18.0 Å². The van der Waals surface area contributed by atoms with Crippen LogP contribution in [0.3, 0.4) is 0 Å². The molecule has 0 fully saturated rings. The molecule has 0 spiro atoms. The summed E-state index contributed by atoms with van der Waals surface area (Å²) in [7, 11) is 0. The minimum Gasteiger partial charge on any atom is -0.457 e. The Kier molecular flexibility index (Phi) is 7.51. The van der Waals surface area contributed by atoms with Crippen molar-refractivity contribution in [2.24, 2.45) is 0 Å². The Labute approximate surface area is 201 Å². The van der Waals surface area contributed by atoms with E-state index in [1.165, 1.54) is 6.08 Å². The Morgan fingerprint density at radius 1 is 1.00 bits per heavy atom. The summed E-state index contributed by atoms with van der Waals surface area (Å²) in [6, 6.07) is 11.0. The fraction of sp³-hybridized carbons (Fsp3) is 0.0476. The number of carbonyl (C=O) groups is 1. The van der Waals surface area contributed by atoms with Crippen molar-refractivity contribution in [2.45, 2.75) is 6.18 Å². The number of anilines is 1. The molecular weight excluding hydrogens is 508 g/mol. The Bertz CT molecular complexity index is 1190. The minimum atomic E-state index is -4.55. The molecule has 32 heavy (non-hydrogen) atoms. The molecule has 4 nitrogen and oxygen atoms in total. The highest BCUT2D eigenvalue weighted by molar-refractivity contribution is 7.80. The van der Waals surface area contributed by atoms with Gasteiger partial charge < -0.3 is 9.73 Å². The third-order valence-electron chi connectivity index (χ3n) is 3.95. The largest absolute Gasteiger partial charge is 0.457 e. The highest BCUT2D eigenvalue weighted by atomic mass is 35.5. The average Bonchev–Trinajstić information content (AvgIpc) is 3.15. The number of hydrogen-bond acceptors (Lipinski definition) is 3. The standard InChI is InChI=1S/C21H12Cl3F3N2O2S/c22-13-7-11(8-14(23)10-13)18-5-2-15(31-18)3-6-19(30)29-20(32)28-17-9-12(21(25,26)27)1-4-16(17)24/h1-10H,(H2,28,29,30,32)/b6-3+. The normalized spacial score (nSPS) is 11.6. The van der Waals surface area contributed by atoms with E-state index in [2.05, 4.69) is 10.6 Å².